The van der Waals surface area contributed by atoms with E-state index in [0.29, 0.717) is 5.82 Å². The minimum absolute atomic E-state index is 0.654. The highest BCUT2D eigenvalue weighted by atomic mass is 32.1. The minimum atomic E-state index is 0.654. The lowest BCUT2D eigenvalue weighted by molar-refractivity contribution is 0.670. The first-order chi connectivity index (χ1) is 26.7. The summed E-state index contributed by atoms with van der Waals surface area (Å²) in [6.07, 6.45) is 1.87. The normalized spacial score (nSPS) is 11.7. The number of hydrogen-bond donors (Lipinski definition) is 0. The average Bonchev–Trinajstić information content (AvgIpc) is 3.82. The highest BCUT2D eigenvalue weighted by Crippen LogP contribution is 2.44. The Balaban J connectivity index is 1.09. The summed E-state index contributed by atoms with van der Waals surface area (Å²) in [5, 5.41) is 5.87. The molecule has 0 radical (unpaired) electrons. The smallest absolute Gasteiger partial charge is 0.160 e. The van der Waals surface area contributed by atoms with Crippen molar-refractivity contribution in [2.75, 3.05) is 0 Å². The Bertz CT molecular complexity index is 3210. The number of pyridine rings is 1. The van der Waals surface area contributed by atoms with Crippen molar-refractivity contribution in [1.82, 2.24) is 15.0 Å². The Hall–Kier alpha value is -6.95. The quantitative estimate of drug-likeness (QED) is 0.179. The third kappa shape index (κ3) is 5.01. The number of rotatable bonds is 5. The van der Waals surface area contributed by atoms with Crippen LogP contribution in [0.15, 0.2) is 180 Å². The Morgan fingerprint density at radius 3 is 2.00 bits per heavy atom. The van der Waals surface area contributed by atoms with E-state index in [-0.39, 0.29) is 0 Å². The van der Waals surface area contributed by atoms with Gasteiger partial charge in [-0.05, 0) is 64.7 Å². The molecule has 0 amide bonds. The van der Waals surface area contributed by atoms with Gasteiger partial charge in [-0.15, -0.1) is 11.3 Å². The number of fused-ring (bicyclic) bond motifs is 7. The molecular formula is C49H29N3OS. The molecule has 4 heterocycles. The summed E-state index contributed by atoms with van der Waals surface area (Å²) in [6.45, 7) is 0. The maximum absolute atomic E-state index is 6.76. The van der Waals surface area contributed by atoms with Gasteiger partial charge >= 0.3 is 0 Å². The molecule has 0 aliphatic carbocycles. The largest absolute Gasteiger partial charge is 0.455 e. The second-order valence-corrected chi connectivity index (χ2v) is 14.6. The first-order valence-electron chi connectivity index (χ1n) is 18.0. The first-order valence-corrected chi connectivity index (χ1v) is 18.8. The molecule has 5 heteroatoms. The summed E-state index contributed by atoms with van der Waals surface area (Å²) < 4.78 is 9.34. The molecule has 0 saturated heterocycles. The van der Waals surface area contributed by atoms with Crippen LogP contribution in [-0.2, 0) is 0 Å². The Labute approximate surface area is 314 Å². The van der Waals surface area contributed by atoms with E-state index in [1.165, 1.54) is 20.2 Å². The van der Waals surface area contributed by atoms with Gasteiger partial charge in [-0.25, -0.2) is 9.97 Å². The summed E-state index contributed by atoms with van der Waals surface area (Å²) in [5.74, 6) is 0.654. The molecule has 54 heavy (non-hydrogen) atoms. The van der Waals surface area contributed by atoms with E-state index in [0.717, 1.165) is 83.2 Å². The van der Waals surface area contributed by atoms with Crippen LogP contribution in [0.5, 0.6) is 0 Å². The van der Waals surface area contributed by atoms with Crippen LogP contribution in [0.1, 0.15) is 0 Å². The van der Waals surface area contributed by atoms with Crippen LogP contribution < -0.4 is 0 Å². The van der Waals surface area contributed by atoms with Gasteiger partial charge in [0, 0.05) is 59.2 Å². The zero-order valence-electron chi connectivity index (χ0n) is 28.9. The van der Waals surface area contributed by atoms with Crippen molar-refractivity contribution in [2.24, 2.45) is 0 Å². The van der Waals surface area contributed by atoms with Crippen LogP contribution in [0, 0.1) is 0 Å². The van der Waals surface area contributed by atoms with Crippen LogP contribution in [0.2, 0.25) is 0 Å². The predicted octanol–water partition coefficient (Wildman–Crippen LogP) is 13.6. The fourth-order valence-electron chi connectivity index (χ4n) is 7.78. The highest BCUT2D eigenvalue weighted by molar-refractivity contribution is 7.25. The number of benzene rings is 7. The van der Waals surface area contributed by atoms with Crippen LogP contribution in [0.4, 0.5) is 0 Å². The number of thiophene rings is 1. The van der Waals surface area contributed by atoms with Crippen molar-refractivity contribution in [3.05, 3.63) is 176 Å². The van der Waals surface area contributed by atoms with Gasteiger partial charge < -0.3 is 4.42 Å². The van der Waals surface area contributed by atoms with Crippen molar-refractivity contribution < 1.29 is 4.42 Å². The van der Waals surface area contributed by atoms with Crippen molar-refractivity contribution >= 4 is 64.4 Å². The highest BCUT2D eigenvalue weighted by Gasteiger charge is 2.20. The molecule has 0 bridgehead atoms. The summed E-state index contributed by atoms with van der Waals surface area (Å²) in [6, 6.07) is 59.4. The molecule has 0 unspecified atom stereocenters. The van der Waals surface area contributed by atoms with Crippen molar-refractivity contribution in [3.63, 3.8) is 0 Å². The summed E-state index contributed by atoms with van der Waals surface area (Å²) >= 11 is 1.84. The van der Waals surface area contributed by atoms with E-state index in [2.05, 4.69) is 132 Å². The molecule has 0 atom stereocenters. The van der Waals surface area contributed by atoms with Gasteiger partial charge in [0.2, 0.25) is 0 Å². The average molecular weight is 708 g/mol. The second kappa shape index (κ2) is 12.3. The molecular weight excluding hydrogens is 679 g/mol. The molecule has 4 nitrogen and oxygen atoms in total. The lowest BCUT2D eigenvalue weighted by Crippen LogP contribution is -1.96. The molecule has 0 aliphatic heterocycles. The van der Waals surface area contributed by atoms with E-state index >= 15 is 0 Å². The van der Waals surface area contributed by atoms with Gasteiger partial charge in [0.15, 0.2) is 5.82 Å². The van der Waals surface area contributed by atoms with E-state index in [4.69, 9.17) is 14.4 Å². The van der Waals surface area contributed by atoms with E-state index in [9.17, 15) is 0 Å². The molecule has 0 fully saturated rings. The first kappa shape index (κ1) is 30.7. The minimum Gasteiger partial charge on any atom is -0.455 e. The van der Waals surface area contributed by atoms with Crippen molar-refractivity contribution in [2.45, 2.75) is 0 Å². The monoisotopic (exact) mass is 707 g/mol. The summed E-state index contributed by atoms with van der Waals surface area (Å²) in [4.78, 5) is 15.0. The van der Waals surface area contributed by atoms with E-state index < -0.39 is 0 Å². The number of aromatic nitrogens is 3. The molecule has 0 aliphatic rings. The molecule has 0 spiro atoms. The molecule has 252 valence electrons. The van der Waals surface area contributed by atoms with Crippen molar-refractivity contribution in [3.8, 4) is 56.2 Å². The third-order valence-electron chi connectivity index (χ3n) is 10.4. The molecule has 0 N–H and O–H groups in total. The van der Waals surface area contributed by atoms with Crippen LogP contribution in [-0.4, -0.2) is 15.0 Å². The van der Waals surface area contributed by atoms with Crippen LogP contribution in [0.3, 0.4) is 0 Å². The number of para-hydroxylation sites is 2. The van der Waals surface area contributed by atoms with Gasteiger partial charge in [-0.2, -0.15) is 0 Å². The Kier molecular flexibility index (Phi) is 7.00. The van der Waals surface area contributed by atoms with Gasteiger partial charge in [0.1, 0.15) is 11.2 Å². The standard InChI is InChI=1S/C49H29N3OS/c1-2-10-31(11-3-1)42-29-43(52-49(51-42)32-20-18-30(19-21-32)34-26-27-50-41-15-7-4-12-36(34)41)39-25-24-35(47-40-14-5-8-16-44(40)53-48(39)47)33-22-23-38-37-13-6-9-17-45(37)54-46(38)28-33/h1-29H. The predicted molar refractivity (Wildman–Crippen MR) is 225 cm³/mol. The lowest BCUT2D eigenvalue weighted by Gasteiger charge is -2.12. The number of furan rings is 1. The van der Waals surface area contributed by atoms with Crippen LogP contribution >= 0.6 is 11.3 Å². The van der Waals surface area contributed by atoms with Crippen molar-refractivity contribution in [1.29, 1.82) is 0 Å². The number of nitrogens with zero attached hydrogens (tertiary/aromatic N) is 3. The second-order valence-electron chi connectivity index (χ2n) is 13.6. The Morgan fingerprint density at radius 1 is 0.426 bits per heavy atom. The van der Waals surface area contributed by atoms with E-state index in [1.807, 2.05) is 60.0 Å². The van der Waals surface area contributed by atoms with E-state index in [1.54, 1.807) is 0 Å². The molecule has 7 aromatic carbocycles. The zero-order chi connectivity index (χ0) is 35.6. The maximum atomic E-state index is 6.76. The third-order valence-corrected chi connectivity index (χ3v) is 11.5. The SMILES string of the molecule is c1ccc(-c2cc(-c3ccc(-c4ccc5c(c4)sc4ccccc45)c4c3oc3ccccc34)nc(-c3ccc(-c4ccnc5ccccc45)cc3)n2)cc1. The maximum Gasteiger partial charge on any atom is 0.160 e. The van der Waals surface area contributed by atoms with Crippen LogP contribution in [0.25, 0.3) is 109 Å². The molecule has 0 saturated carbocycles. The zero-order valence-corrected chi connectivity index (χ0v) is 29.7. The Morgan fingerprint density at radius 2 is 1.11 bits per heavy atom. The molecule has 4 aromatic heterocycles. The molecule has 11 aromatic rings. The fraction of sp³-hybridized carbons (Fsp3) is 0. The van der Waals surface area contributed by atoms with Gasteiger partial charge in [0.25, 0.3) is 0 Å². The molecule has 11 rings (SSSR count). The van der Waals surface area contributed by atoms with Gasteiger partial charge in [-0.3, -0.25) is 4.98 Å². The lowest BCUT2D eigenvalue weighted by atomic mass is 9.95. The number of hydrogen-bond acceptors (Lipinski definition) is 5. The summed E-state index contributed by atoms with van der Waals surface area (Å²) in [7, 11) is 0. The van der Waals surface area contributed by atoms with Gasteiger partial charge in [0.05, 0.1) is 16.9 Å². The van der Waals surface area contributed by atoms with Gasteiger partial charge in [-0.1, -0.05) is 127 Å². The summed E-state index contributed by atoms with van der Waals surface area (Å²) in [5.41, 5.74) is 11.7. The topological polar surface area (TPSA) is 51.8 Å². The fourth-order valence-corrected chi connectivity index (χ4v) is 8.93.